The number of rotatable bonds is 4. The van der Waals surface area contributed by atoms with Gasteiger partial charge in [-0.1, -0.05) is 22.0 Å². The number of nitrogens with one attached hydrogen (secondary N) is 1. The molecule has 0 heterocycles. The van der Waals surface area contributed by atoms with Crippen molar-refractivity contribution < 1.29 is 9.50 Å². The number of hydrogen-bond donors (Lipinski definition) is 2. The first-order valence-corrected chi connectivity index (χ1v) is 5.66. The fourth-order valence-electron chi connectivity index (χ4n) is 1.31. The Morgan fingerprint density at radius 3 is 2.67 bits per heavy atom. The van der Waals surface area contributed by atoms with Crippen LogP contribution in [0.1, 0.15) is 25.5 Å². The van der Waals surface area contributed by atoms with Crippen LogP contribution >= 0.6 is 15.9 Å². The maximum atomic E-state index is 13.5. The van der Waals surface area contributed by atoms with E-state index in [9.17, 15) is 4.39 Å². The van der Waals surface area contributed by atoms with Gasteiger partial charge in [0.1, 0.15) is 5.82 Å². The Bertz CT molecular complexity index is 330. The minimum absolute atomic E-state index is 0.104. The van der Waals surface area contributed by atoms with E-state index in [1.807, 2.05) is 6.92 Å². The molecule has 1 rings (SSSR count). The normalized spacial score (nSPS) is 15.0. The molecular weight excluding hydrogens is 261 g/mol. The van der Waals surface area contributed by atoms with Crippen LogP contribution in [-0.4, -0.2) is 17.8 Å². The molecule has 0 bridgehead atoms. The van der Waals surface area contributed by atoms with Gasteiger partial charge in [0.15, 0.2) is 0 Å². The third-order valence-electron chi connectivity index (χ3n) is 2.15. The van der Waals surface area contributed by atoms with Crippen LogP contribution in [0.4, 0.5) is 4.39 Å². The van der Waals surface area contributed by atoms with Crippen molar-refractivity contribution >= 4 is 15.9 Å². The SMILES string of the molecule is CC(NC[C@@H](C)O)c1ccc(Br)cc1F. The minimum atomic E-state index is -0.425. The summed E-state index contributed by atoms with van der Waals surface area (Å²) in [5.41, 5.74) is 0.610. The minimum Gasteiger partial charge on any atom is -0.392 e. The molecule has 1 aromatic rings. The fourth-order valence-corrected chi connectivity index (χ4v) is 1.64. The van der Waals surface area contributed by atoms with E-state index in [4.69, 9.17) is 5.11 Å². The highest BCUT2D eigenvalue weighted by molar-refractivity contribution is 9.10. The van der Waals surface area contributed by atoms with Gasteiger partial charge in [0, 0.05) is 22.6 Å². The van der Waals surface area contributed by atoms with E-state index in [-0.39, 0.29) is 11.9 Å². The van der Waals surface area contributed by atoms with E-state index in [0.717, 1.165) is 4.47 Å². The summed E-state index contributed by atoms with van der Waals surface area (Å²) in [6, 6.07) is 4.88. The standard InChI is InChI=1S/C11H15BrFNO/c1-7(15)6-14-8(2)10-4-3-9(12)5-11(10)13/h3-5,7-8,14-15H,6H2,1-2H3/t7-,8?/m1/s1. The van der Waals surface area contributed by atoms with Gasteiger partial charge >= 0.3 is 0 Å². The summed E-state index contributed by atoms with van der Waals surface area (Å²) in [7, 11) is 0. The van der Waals surface area contributed by atoms with Crippen LogP contribution in [0.25, 0.3) is 0 Å². The van der Waals surface area contributed by atoms with Crippen LogP contribution in [0.5, 0.6) is 0 Å². The third-order valence-corrected chi connectivity index (χ3v) is 2.64. The van der Waals surface area contributed by atoms with E-state index < -0.39 is 6.10 Å². The number of benzene rings is 1. The van der Waals surface area contributed by atoms with Gasteiger partial charge in [0.05, 0.1) is 6.10 Å². The number of halogens is 2. The van der Waals surface area contributed by atoms with Crippen molar-refractivity contribution in [1.29, 1.82) is 0 Å². The topological polar surface area (TPSA) is 32.3 Å². The molecule has 2 atom stereocenters. The van der Waals surface area contributed by atoms with Gasteiger partial charge in [0.2, 0.25) is 0 Å². The van der Waals surface area contributed by atoms with Crippen molar-refractivity contribution in [3.05, 3.63) is 34.1 Å². The van der Waals surface area contributed by atoms with Crippen molar-refractivity contribution in [3.8, 4) is 0 Å². The Morgan fingerprint density at radius 1 is 1.47 bits per heavy atom. The third kappa shape index (κ3) is 3.89. The molecule has 84 valence electrons. The van der Waals surface area contributed by atoms with E-state index >= 15 is 0 Å². The summed E-state index contributed by atoms with van der Waals surface area (Å²) in [4.78, 5) is 0. The van der Waals surface area contributed by atoms with Crippen molar-refractivity contribution in [2.45, 2.75) is 26.0 Å². The predicted molar refractivity (Wildman–Crippen MR) is 62.2 cm³/mol. The van der Waals surface area contributed by atoms with Crippen LogP contribution in [0.15, 0.2) is 22.7 Å². The molecule has 0 radical (unpaired) electrons. The molecule has 0 aliphatic heterocycles. The molecule has 1 unspecified atom stereocenters. The summed E-state index contributed by atoms with van der Waals surface area (Å²) < 4.78 is 14.2. The molecule has 0 fully saturated rings. The molecule has 2 N–H and O–H groups in total. The number of aliphatic hydroxyl groups is 1. The van der Waals surface area contributed by atoms with Gasteiger partial charge in [-0.25, -0.2) is 4.39 Å². The lowest BCUT2D eigenvalue weighted by molar-refractivity contribution is 0.187. The Labute approximate surface area is 97.6 Å². The zero-order valence-corrected chi connectivity index (χ0v) is 10.4. The van der Waals surface area contributed by atoms with Crippen molar-refractivity contribution in [1.82, 2.24) is 5.32 Å². The first kappa shape index (κ1) is 12.6. The maximum absolute atomic E-state index is 13.5. The zero-order valence-electron chi connectivity index (χ0n) is 8.80. The first-order valence-electron chi connectivity index (χ1n) is 4.87. The van der Waals surface area contributed by atoms with E-state index in [1.54, 1.807) is 19.1 Å². The van der Waals surface area contributed by atoms with Gasteiger partial charge in [-0.2, -0.15) is 0 Å². The Hall–Kier alpha value is -0.450. The lowest BCUT2D eigenvalue weighted by Gasteiger charge is -2.16. The Morgan fingerprint density at radius 2 is 2.13 bits per heavy atom. The molecule has 2 nitrogen and oxygen atoms in total. The predicted octanol–water partition coefficient (Wildman–Crippen LogP) is 2.62. The molecule has 0 aromatic heterocycles. The molecule has 0 saturated carbocycles. The quantitative estimate of drug-likeness (QED) is 0.886. The molecule has 0 aliphatic rings. The maximum Gasteiger partial charge on any atom is 0.129 e. The summed E-state index contributed by atoms with van der Waals surface area (Å²) in [5.74, 6) is -0.241. The van der Waals surface area contributed by atoms with Crippen LogP contribution in [-0.2, 0) is 0 Å². The van der Waals surface area contributed by atoms with Crippen molar-refractivity contribution in [2.75, 3.05) is 6.54 Å². The zero-order chi connectivity index (χ0) is 11.4. The number of hydrogen-bond acceptors (Lipinski definition) is 2. The molecular formula is C11H15BrFNO. The van der Waals surface area contributed by atoms with Crippen LogP contribution in [0.2, 0.25) is 0 Å². The fraction of sp³-hybridized carbons (Fsp3) is 0.455. The van der Waals surface area contributed by atoms with Gasteiger partial charge in [0.25, 0.3) is 0 Å². The highest BCUT2D eigenvalue weighted by Crippen LogP contribution is 2.20. The molecule has 4 heteroatoms. The molecule has 0 amide bonds. The molecule has 0 saturated heterocycles. The van der Waals surface area contributed by atoms with Crippen LogP contribution in [0, 0.1) is 5.82 Å². The summed E-state index contributed by atoms with van der Waals surface area (Å²) in [6.07, 6.45) is -0.425. The molecule has 0 aliphatic carbocycles. The van der Waals surface area contributed by atoms with Crippen molar-refractivity contribution in [3.63, 3.8) is 0 Å². The lowest BCUT2D eigenvalue weighted by Crippen LogP contribution is -2.27. The summed E-state index contributed by atoms with van der Waals surface area (Å²) in [6.45, 7) is 4.02. The first-order chi connectivity index (χ1) is 7.00. The van der Waals surface area contributed by atoms with Crippen LogP contribution < -0.4 is 5.32 Å². The van der Waals surface area contributed by atoms with E-state index in [0.29, 0.717) is 12.1 Å². The van der Waals surface area contributed by atoms with E-state index in [1.165, 1.54) is 6.07 Å². The van der Waals surface area contributed by atoms with Gasteiger partial charge in [-0.05, 0) is 26.0 Å². The second-order valence-corrected chi connectivity index (χ2v) is 4.56. The molecule has 15 heavy (non-hydrogen) atoms. The van der Waals surface area contributed by atoms with Gasteiger partial charge in [-0.15, -0.1) is 0 Å². The second kappa shape index (κ2) is 5.58. The summed E-state index contributed by atoms with van der Waals surface area (Å²) >= 11 is 3.21. The average Bonchev–Trinajstić information content (AvgIpc) is 2.14. The molecule has 0 spiro atoms. The van der Waals surface area contributed by atoms with Crippen LogP contribution in [0.3, 0.4) is 0 Å². The smallest absolute Gasteiger partial charge is 0.129 e. The average molecular weight is 276 g/mol. The summed E-state index contributed by atoms with van der Waals surface area (Å²) in [5, 5.41) is 12.2. The largest absolute Gasteiger partial charge is 0.392 e. The van der Waals surface area contributed by atoms with Gasteiger partial charge < -0.3 is 10.4 Å². The Balaban J connectivity index is 2.69. The second-order valence-electron chi connectivity index (χ2n) is 3.64. The highest BCUT2D eigenvalue weighted by Gasteiger charge is 2.11. The lowest BCUT2D eigenvalue weighted by atomic mass is 10.1. The molecule has 1 aromatic carbocycles. The Kier molecular flexibility index (Phi) is 4.70. The number of aliphatic hydroxyl groups excluding tert-OH is 1. The highest BCUT2D eigenvalue weighted by atomic mass is 79.9. The van der Waals surface area contributed by atoms with Crippen molar-refractivity contribution in [2.24, 2.45) is 0 Å². The van der Waals surface area contributed by atoms with Gasteiger partial charge in [-0.3, -0.25) is 0 Å². The monoisotopic (exact) mass is 275 g/mol. The van der Waals surface area contributed by atoms with E-state index in [2.05, 4.69) is 21.2 Å².